The van der Waals surface area contributed by atoms with Gasteiger partial charge in [0.25, 0.3) is 0 Å². The summed E-state index contributed by atoms with van der Waals surface area (Å²) in [6, 6.07) is 14.9. The standard InChI is InChI=1S/C23H24N2O5/c26-21(27)13-20(22(28)25-11-5-6-12-25)24-23(29)30-14-19-17-9-3-1-7-15(17)16-8-2-4-10-18(16)19/h1-4,7-10,19-20H,5-6,11-14H2,(H,24,29)(H,26,27). The summed E-state index contributed by atoms with van der Waals surface area (Å²) in [5.74, 6) is -1.62. The molecule has 1 aliphatic heterocycles. The number of ether oxygens (including phenoxy) is 1. The van der Waals surface area contributed by atoms with Gasteiger partial charge in [0, 0.05) is 19.0 Å². The minimum Gasteiger partial charge on any atom is -0.481 e. The zero-order valence-corrected chi connectivity index (χ0v) is 16.5. The van der Waals surface area contributed by atoms with Gasteiger partial charge in [0.2, 0.25) is 5.91 Å². The van der Waals surface area contributed by atoms with Crippen molar-refractivity contribution in [1.82, 2.24) is 10.2 Å². The maximum Gasteiger partial charge on any atom is 0.407 e. The Bertz CT molecular complexity index is 922. The number of carboxylic acid groups (broad SMARTS) is 1. The molecule has 0 saturated carbocycles. The van der Waals surface area contributed by atoms with Crippen molar-refractivity contribution in [2.75, 3.05) is 19.7 Å². The number of nitrogens with zero attached hydrogens (tertiary/aromatic N) is 1. The number of aliphatic carboxylic acids is 1. The fourth-order valence-electron chi connectivity index (χ4n) is 4.31. The molecule has 0 radical (unpaired) electrons. The van der Waals surface area contributed by atoms with Crippen molar-refractivity contribution < 1.29 is 24.2 Å². The number of rotatable bonds is 6. The lowest BCUT2D eigenvalue weighted by Crippen LogP contribution is -2.49. The predicted molar refractivity (Wildman–Crippen MR) is 110 cm³/mol. The molecule has 2 N–H and O–H groups in total. The summed E-state index contributed by atoms with van der Waals surface area (Å²) in [6.07, 6.45) is 0.516. The lowest BCUT2D eigenvalue weighted by atomic mass is 9.98. The van der Waals surface area contributed by atoms with Gasteiger partial charge in [-0.15, -0.1) is 0 Å². The number of amides is 2. The van der Waals surface area contributed by atoms with Crippen LogP contribution in [0.2, 0.25) is 0 Å². The molecule has 2 amide bonds. The van der Waals surface area contributed by atoms with E-state index in [1.54, 1.807) is 4.90 Å². The van der Waals surface area contributed by atoms with E-state index in [-0.39, 0.29) is 18.4 Å². The highest BCUT2D eigenvalue weighted by Gasteiger charge is 2.32. The quantitative estimate of drug-likeness (QED) is 0.766. The van der Waals surface area contributed by atoms with E-state index in [0.717, 1.165) is 35.1 Å². The number of carboxylic acids is 1. The largest absolute Gasteiger partial charge is 0.481 e. The average molecular weight is 408 g/mol. The van der Waals surface area contributed by atoms with Gasteiger partial charge in [-0.25, -0.2) is 4.79 Å². The van der Waals surface area contributed by atoms with E-state index >= 15 is 0 Å². The lowest BCUT2D eigenvalue weighted by molar-refractivity contribution is -0.142. The van der Waals surface area contributed by atoms with E-state index in [0.29, 0.717) is 13.1 Å². The highest BCUT2D eigenvalue weighted by atomic mass is 16.5. The van der Waals surface area contributed by atoms with Gasteiger partial charge in [-0.1, -0.05) is 48.5 Å². The second-order valence-corrected chi connectivity index (χ2v) is 7.65. The molecule has 1 unspecified atom stereocenters. The SMILES string of the molecule is O=C(O)CC(NC(=O)OCC1c2ccccc2-c2ccccc21)C(=O)N1CCCC1. The second-order valence-electron chi connectivity index (χ2n) is 7.65. The third-order valence-electron chi connectivity index (χ3n) is 5.73. The van der Waals surface area contributed by atoms with Gasteiger partial charge >= 0.3 is 12.1 Å². The first kappa shape index (κ1) is 19.9. The molecule has 7 heteroatoms. The number of benzene rings is 2. The first-order chi connectivity index (χ1) is 14.5. The van der Waals surface area contributed by atoms with Crippen LogP contribution in [0.25, 0.3) is 11.1 Å². The summed E-state index contributed by atoms with van der Waals surface area (Å²) in [5.41, 5.74) is 4.41. The Hall–Kier alpha value is -3.35. The van der Waals surface area contributed by atoms with E-state index in [1.807, 2.05) is 48.5 Å². The lowest BCUT2D eigenvalue weighted by Gasteiger charge is -2.23. The molecule has 1 heterocycles. The zero-order valence-electron chi connectivity index (χ0n) is 16.5. The number of hydrogen-bond donors (Lipinski definition) is 2. The topological polar surface area (TPSA) is 95.9 Å². The van der Waals surface area contributed by atoms with Crippen LogP contribution < -0.4 is 5.32 Å². The van der Waals surface area contributed by atoms with Crippen molar-refractivity contribution in [3.63, 3.8) is 0 Å². The van der Waals surface area contributed by atoms with Gasteiger partial charge in [0.05, 0.1) is 6.42 Å². The molecule has 0 spiro atoms. The summed E-state index contributed by atoms with van der Waals surface area (Å²) < 4.78 is 5.45. The maximum atomic E-state index is 12.6. The van der Waals surface area contributed by atoms with Gasteiger partial charge in [-0.2, -0.15) is 0 Å². The van der Waals surface area contributed by atoms with E-state index in [9.17, 15) is 14.4 Å². The number of nitrogens with one attached hydrogen (secondary N) is 1. The van der Waals surface area contributed by atoms with Crippen LogP contribution in [0.4, 0.5) is 4.79 Å². The van der Waals surface area contributed by atoms with Crippen LogP contribution in [0.3, 0.4) is 0 Å². The highest BCUT2D eigenvalue weighted by molar-refractivity contribution is 5.89. The Labute approximate surface area is 174 Å². The van der Waals surface area contributed by atoms with Crippen molar-refractivity contribution in [3.05, 3.63) is 59.7 Å². The van der Waals surface area contributed by atoms with Crippen LogP contribution >= 0.6 is 0 Å². The summed E-state index contributed by atoms with van der Waals surface area (Å²) in [4.78, 5) is 37.8. The summed E-state index contributed by atoms with van der Waals surface area (Å²) in [6.45, 7) is 1.28. The molecule has 2 aliphatic rings. The average Bonchev–Trinajstić information content (AvgIpc) is 3.38. The van der Waals surface area contributed by atoms with Crippen LogP contribution in [-0.2, 0) is 14.3 Å². The number of likely N-dealkylation sites (tertiary alicyclic amines) is 1. The third kappa shape index (κ3) is 4.01. The molecule has 1 fully saturated rings. The molecular formula is C23H24N2O5. The molecule has 7 nitrogen and oxygen atoms in total. The molecule has 1 aliphatic carbocycles. The molecule has 156 valence electrons. The Morgan fingerprint density at radius 3 is 2.13 bits per heavy atom. The van der Waals surface area contributed by atoms with E-state index < -0.39 is 24.5 Å². The number of carbonyl (C=O) groups excluding carboxylic acids is 2. The molecule has 1 saturated heterocycles. The Morgan fingerprint density at radius 1 is 1.00 bits per heavy atom. The van der Waals surface area contributed by atoms with Crippen molar-refractivity contribution >= 4 is 18.0 Å². The molecular weight excluding hydrogens is 384 g/mol. The van der Waals surface area contributed by atoms with E-state index in [1.165, 1.54) is 0 Å². The van der Waals surface area contributed by atoms with Crippen LogP contribution in [0, 0.1) is 0 Å². The minimum atomic E-state index is -1.15. The molecule has 0 bridgehead atoms. The predicted octanol–water partition coefficient (Wildman–Crippen LogP) is 2.99. The summed E-state index contributed by atoms with van der Waals surface area (Å²) >= 11 is 0. The number of alkyl carbamates (subject to hydrolysis) is 1. The summed E-state index contributed by atoms with van der Waals surface area (Å²) in [7, 11) is 0. The van der Waals surface area contributed by atoms with Crippen LogP contribution in [-0.4, -0.2) is 53.7 Å². The molecule has 2 aromatic carbocycles. The Morgan fingerprint density at radius 2 is 1.57 bits per heavy atom. The summed E-state index contributed by atoms with van der Waals surface area (Å²) in [5, 5.41) is 11.6. The van der Waals surface area contributed by atoms with Gasteiger partial charge in [0.1, 0.15) is 12.6 Å². The second kappa shape index (κ2) is 8.57. The molecule has 30 heavy (non-hydrogen) atoms. The van der Waals surface area contributed by atoms with Gasteiger partial charge in [0.15, 0.2) is 0 Å². The highest BCUT2D eigenvalue weighted by Crippen LogP contribution is 2.44. The molecule has 4 rings (SSSR count). The van der Waals surface area contributed by atoms with Crippen LogP contribution in [0.5, 0.6) is 0 Å². The van der Waals surface area contributed by atoms with Crippen molar-refractivity contribution in [3.8, 4) is 11.1 Å². The normalized spacial score (nSPS) is 15.9. The van der Waals surface area contributed by atoms with Crippen LogP contribution in [0.1, 0.15) is 36.3 Å². The molecule has 2 aromatic rings. The molecule has 1 atom stereocenters. The van der Waals surface area contributed by atoms with Gasteiger partial charge in [-0.3, -0.25) is 9.59 Å². The van der Waals surface area contributed by atoms with Gasteiger partial charge in [-0.05, 0) is 35.1 Å². The first-order valence-electron chi connectivity index (χ1n) is 10.2. The maximum absolute atomic E-state index is 12.6. The van der Waals surface area contributed by atoms with Crippen molar-refractivity contribution in [1.29, 1.82) is 0 Å². The Kier molecular flexibility index (Phi) is 5.70. The monoisotopic (exact) mass is 408 g/mol. The van der Waals surface area contributed by atoms with Crippen LogP contribution in [0.15, 0.2) is 48.5 Å². The van der Waals surface area contributed by atoms with E-state index in [4.69, 9.17) is 9.84 Å². The van der Waals surface area contributed by atoms with Gasteiger partial charge < -0.3 is 20.1 Å². The number of carbonyl (C=O) groups is 3. The third-order valence-corrected chi connectivity index (χ3v) is 5.73. The molecule has 0 aromatic heterocycles. The number of hydrogen-bond acceptors (Lipinski definition) is 4. The Balaban J connectivity index is 1.43. The fraction of sp³-hybridized carbons (Fsp3) is 0.348. The first-order valence-corrected chi connectivity index (χ1v) is 10.2. The van der Waals surface area contributed by atoms with Crippen molar-refractivity contribution in [2.45, 2.75) is 31.2 Å². The van der Waals surface area contributed by atoms with E-state index in [2.05, 4.69) is 5.32 Å². The fourth-order valence-corrected chi connectivity index (χ4v) is 4.31. The number of fused-ring (bicyclic) bond motifs is 3. The minimum absolute atomic E-state index is 0.102. The smallest absolute Gasteiger partial charge is 0.407 e. The van der Waals surface area contributed by atoms with Crippen molar-refractivity contribution in [2.24, 2.45) is 0 Å². The zero-order chi connectivity index (χ0) is 21.1.